The number of aromatic nitrogens is 1. The third kappa shape index (κ3) is 3.68. The van der Waals surface area contributed by atoms with E-state index >= 15 is 0 Å². The van der Waals surface area contributed by atoms with Crippen LogP contribution in [-0.4, -0.2) is 5.78 Å². The van der Waals surface area contributed by atoms with Crippen LogP contribution in [0.3, 0.4) is 0 Å². The summed E-state index contributed by atoms with van der Waals surface area (Å²) in [6.45, 7) is 2.41. The van der Waals surface area contributed by atoms with Gasteiger partial charge in [-0.15, -0.1) is 0 Å². The number of rotatable bonds is 3. The van der Waals surface area contributed by atoms with Crippen LogP contribution in [0.2, 0.25) is 0 Å². The smallest absolute Gasteiger partial charge is 0.227 e. The number of halogens is 1. The number of Topliss-reactive ketones (excluding diaryl/α,β-unsaturated/α-hetero) is 1. The number of hydrogen-bond acceptors (Lipinski definition) is 1. The van der Waals surface area contributed by atoms with Gasteiger partial charge in [-0.05, 0) is 13.0 Å². The molecule has 1 aromatic carbocycles. The second-order valence-electron chi connectivity index (χ2n) is 3.84. The van der Waals surface area contributed by atoms with Crippen molar-refractivity contribution in [2.24, 2.45) is 0 Å². The molecule has 2 nitrogen and oxygen atoms in total. The Morgan fingerprint density at radius 1 is 1.12 bits per heavy atom. The molecule has 17 heavy (non-hydrogen) atoms. The SMILES string of the molecule is Cc1ccc[n+](CC(=O)c2ccccc2)c1.[Cl-]. The average Bonchev–Trinajstić information content (AvgIpc) is 2.30. The number of ketones is 1. The zero-order valence-corrected chi connectivity index (χ0v) is 10.4. The molecular weight excluding hydrogens is 234 g/mol. The van der Waals surface area contributed by atoms with Gasteiger partial charge >= 0.3 is 0 Å². The fraction of sp³-hybridized carbons (Fsp3) is 0.143. The Morgan fingerprint density at radius 2 is 1.82 bits per heavy atom. The molecule has 0 aliphatic rings. The number of carbonyl (C=O) groups excluding carboxylic acids is 1. The lowest BCUT2D eigenvalue weighted by molar-refractivity contribution is -0.683. The predicted octanol–water partition coefficient (Wildman–Crippen LogP) is -0.831. The molecule has 0 fully saturated rings. The third-order valence-electron chi connectivity index (χ3n) is 2.43. The number of aryl methyl sites for hydroxylation is 1. The summed E-state index contributed by atoms with van der Waals surface area (Å²) in [6.07, 6.45) is 3.88. The normalized spacial score (nSPS) is 9.47. The van der Waals surface area contributed by atoms with Gasteiger partial charge in [-0.1, -0.05) is 30.3 Å². The van der Waals surface area contributed by atoms with Gasteiger partial charge in [-0.3, -0.25) is 4.79 Å². The van der Waals surface area contributed by atoms with Crippen LogP contribution in [0.15, 0.2) is 54.9 Å². The summed E-state index contributed by atoms with van der Waals surface area (Å²) in [7, 11) is 0. The minimum atomic E-state index is 0. The van der Waals surface area contributed by atoms with E-state index in [1.165, 1.54) is 0 Å². The lowest BCUT2D eigenvalue weighted by Gasteiger charge is -1.98. The molecule has 2 aromatic rings. The highest BCUT2D eigenvalue weighted by molar-refractivity contribution is 5.94. The summed E-state index contributed by atoms with van der Waals surface area (Å²) in [4.78, 5) is 11.9. The van der Waals surface area contributed by atoms with Gasteiger partial charge in [0.05, 0.1) is 0 Å². The highest BCUT2D eigenvalue weighted by atomic mass is 35.5. The maximum Gasteiger partial charge on any atom is 0.227 e. The van der Waals surface area contributed by atoms with Gasteiger partial charge in [0.15, 0.2) is 12.4 Å². The van der Waals surface area contributed by atoms with Gasteiger partial charge in [-0.2, -0.15) is 4.57 Å². The second kappa shape index (κ2) is 6.16. The van der Waals surface area contributed by atoms with Crippen molar-refractivity contribution in [3.8, 4) is 0 Å². The van der Waals surface area contributed by atoms with Crippen LogP contribution >= 0.6 is 0 Å². The highest BCUT2D eigenvalue weighted by Crippen LogP contribution is 2.00. The number of pyridine rings is 1. The van der Waals surface area contributed by atoms with Gasteiger partial charge in [0, 0.05) is 17.2 Å². The first-order valence-corrected chi connectivity index (χ1v) is 5.30. The molecule has 88 valence electrons. The molecule has 3 heteroatoms. The Morgan fingerprint density at radius 3 is 2.47 bits per heavy atom. The monoisotopic (exact) mass is 247 g/mol. The molecule has 0 amide bonds. The van der Waals surface area contributed by atoms with E-state index in [9.17, 15) is 4.79 Å². The summed E-state index contributed by atoms with van der Waals surface area (Å²) in [5.74, 6) is 0.135. The van der Waals surface area contributed by atoms with E-state index in [0.717, 1.165) is 11.1 Å². The first-order valence-electron chi connectivity index (χ1n) is 5.30. The maximum absolute atomic E-state index is 11.9. The standard InChI is InChI=1S/C14H14NO.ClH/c1-12-6-5-9-15(10-12)11-14(16)13-7-3-2-4-8-13;/h2-10H,11H2,1H3;1H/q+1;/p-1. The molecule has 0 saturated heterocycles. The van der Waals surface area contributed by atoms with E-state index in [2.05, 4.69) is 0 Å². The first-order chi connectivity index (χ1) is 7.75. The van der Waals surface area contributed by atoms with Crippen LogP contribution < -0.4 is 17.0 Å². The fourth-order valence-electron chi connectivity index (χ4n) is 1.63. The van der Waals surface area contributed by atoms with E-state index < -0.39 is 0 Å². The summed E-state index contributed by atoms with van der Waals surface area (Å²) in [5, 5.41) is 0. The van der Waals surface area contributed by atoms with Gasteiger partial charge in [0.2, 0.25) is 12.3 Å². The van der Waals surface area contributed by atoms with Gasteiger partial charge in [-0.25, -0.2) is 0 Å². The Hall–Kier alpha value is -1.67. The predicted molar refractivity (Wildman–Crippen MR) is 62.1 cm³/mol. The van der Waals surface area contributed by atoms with Crippen molar-refractivity contribution in [3.63, 3.8) is 0 Å². The van der Waals surface area contributed by atoms with E-state index in [1.54, 1.807) is 0 Å². The molecular formula is C14H14ClNO. The number of nitrogens with zero attached hydrogens (tertiary/aromatic N) is 1. The van der Waals surface area contributed by atoms with Crippen LogP contribution in [0, 0.1) is 6.92 Å². The Kier molecular flexibility index (Phi) is 4.85. The molecule has 0 aliphatic carbocycles. The third-order valence-corrected chi connectivity index (χ3v) is 2.43. The van der Waals surface area contributed by atoms with Crippen LogP contribution in [0.5, 0.6) is 0 Å². The number of hydrogen-bond donors (Lipinski definition) is 0. The van der Waals surface area contributed by atoms with Crippen LogP contribution in [0.1, 0.15) is 15.9 Å². The lowest BCUT2D eigenvalue weighted by Crippen LogP contribution is -3.00. The van der Waals surface area contributed by atoms with Gasteiger partial charge in [0.25, 0.3) is 0 Å². The van der Waals surface area contributed by atoms with Crippen molar-refractivity contribution in [2.75, 3.05) is 0 Å². The number of benzene rings is 1. The molecule has 0 unspecified atom stereocenters. The Labute approximate surface area is 107 Å². The van der Waals surface area contributed by atoms with Gasteiger partial charge in [0.1, 0.15) is 0 Å². The highest BCUT2D eigenvalue weighted by Gasteiger charge is 2.10. The average molecular weight is 248 g/mol. The fourth-order valence-corrected chi connectivity index (χ4v) is 1.63. The molecule has 0 aliphatic heterocycles. The molecule has 0 bridgehead atoms. The molecule has 1 aromatic heterocycles. The topological polar surface area (TPSA) is 20.9 Å². The van der Waals surface area contributed by atoms with Crippen molar-refractivity contribution in [1.29, 1.82) is 0 Å². The van der Waals surface area contributed by atoms with Gasteiger partial charge < -0.3 is 12.4 Å². The summed E-state index contributed by atoms with van der Waals surface area (Å²) in [5.41, 5.74) is 1.92. The van der Waals surface area contributed by atoms with Crippen LogP contribution in [0.4, 0.5) is 0 Å². The Balaban J connectivity index is 0.00000144. The minimum Gasteiger partial charge on any atom is -1.00 e. The molecule has 2 rings (SSSR count). The van der Waals surface area contributed by atoms with Crippen molar-refractivity contribution in [3.05, 3.63) is 66.0 Å². The van der Waals surface area contributed by atoms with E-state index in [4.69, 9.17) is 0 Å². The van der Waals surface area contributed by atoms with Crippen molar-refractivity contribution in [2.45, 2.75) is 13.5 Å². The van der Waals surface area contributed by atoms with E-state index in [0.29, 0.717) is 6.54 Å². The lowest BCUT2D eigenvalue weighted by atomic mass is 10.1. The summed E-state index contributed by atoms with van der Waals surface area (Å²) < 4.78 is 1.91. The quantitative estimate of drug-likeness (QED) is 0.512. The second-order valence-corrected chi connectivity index (χ2v) is 3.84. The first kappa shape index (κ1) is 13.4. The zero-order chi connectivity index (χ0) is 11.4. The number of carbonyl (C=O) groups is 1. The maximum atomic E-state index is 11.9. The van der Waals surface area contributed by atoms with E-state index in [-0.39, 0.29) is 18.2 Å². The zero-order valence-electron chi connectivity index (χ0n) is 9.64. The molecule has 0 radical (unpaired) electrons. The van der Waals surface area contributed by atoms with E-state index in [1.807, 2.05) is 66.3 Å². The van der Waals surface area contributed by atoms with Crippen LogP contribution in [-0.2, 0) is 6.54 Å². The molecule has 0 atom stereocenters. The Bertz CT molecular complexity index is 497. The van der Waals surface area contributed by atoms with Crippen molar-refractivity contribution in [1.82, 2.24) is 0 Å². The molecule has 0 spiro atoms. The minimum absolute atomic E-state index is 0. The molecule has 0 saturated carbocycles. The largest absolute Gasteiger partial charge is 1.00 e. The van der Waals surface area contributed by atoms with Crippen molar-refractivity contribution < 1.29 is 21.8 Å². The molecule has 0 N–H and O–H groups in total. The molecule has 1 heterocycles. The summed E-state index contributed by atoms with van der Waals surface area (Å²) >= 11 is 0. The van der Waals surface area contributed by atoms with Crippen LogP contribution in [0.25, 0.3) is 0 Å². The van der Waals surface area contributed by atoms with Crippen molar-refractivity contribution >= 4 is 5.78 Å². The summed E-state index contributed by atoms with van der Waals surface area (Å²) in [6, 6.07) is 13.3.